The van der Waals surface area contributed by atoms with E-state index in [-0.39, 0.29) is 23.2 Å². The molecule has 3 aromatic heterocycles. The van der Waals surface area contributed by atoms with E-state index in [1.165, 1.54) is 18.5 Å². The fourth-order valence-electron chi connectivity index (χ4n) is 3.13. The zero-order valence-corrected chi connectivity index (χ0v) is 16.8. The number of nitrogens with zero attached hydrogens (tertiary/aromatic N) is 6. The molecule has 4 aromatic rings. The highest BCUT2D eigenvalue weighted by molar-refractivity contribution is 6.34. The standard InChI is InChI=1S/C20H16ClFN8/c1-10(27-19-14(7-23)18(24)25-9-26-19)15-8-30-20(16(21)11(2)29-30)28-17(15)12-3-5-13(22)6-4-12/h3-6,8-10H,1-2H3,(H3,24,25,26,27)/t10-/m0/s1. The molecule has 0 unspecified atom stereocenters. The summed E-state index contributed by atoms with van der Waals surface area (Å²) in [5.74, 6) is 0.0438. The molecule has 0 fully saturated rings. The molecule has 8 nitrogen and oxygen atoms in total. The SMILES string of the molecule is Cc1nn2cc([C@H](C)Nc3ncnc(N)c3C#N)c(-c3ccc(F)cc3)nc2c1Cl. The molecule has 0 saturated carbocycles. The number of nitriles is 1. The average Bonchev–Trinajstić information content (AvgIpc) is 3.01. The van der Waals surface area contributed by atoms with Crippen LogP contribution in [0, 0.1) is 24.1 Å². The van der Waals surface area contributed by atoms with E-state index in [0.717, 1.165) is 5.56 Å². The van der Waals surface area contributed by atoms with Crippen molar-refractivity contribution in [3.8, 4) is 17.3 Å². The van der Waals surface area contributed by atoms with Crippen molar-refractivity contribution in [2.45, 2.75) is 19.9 Å². The van der Waals surface area contributed by atoms with Crippen molar-refractivity contribution in [3.63, 3.8) is 0 Å². The smallest absolute Gasteiger partial charge is 0.174 e. The summed E-state index contributed by atoms with van der Waals surface area (Å²) < 4.78 is 15.1. The Morgan fingerprint density at radius 3 is 2.70 bits per heavy atom. The zero-order chi connectivity index (χ0) is 21.4. The predicted octanol–water partition coefficient (Wildman–Crippen LogP) is 3.91. The first kappa shape index (κ1) is 19.5. The Morgan fingerprint density at radius 1 is 1.27 bits per heavy atom. The van der Waals surface area contributed by atoms with E-state index in [1.54, 1.807) is 29.8 Å². The van der Waals surface area contributed by atoms with Crippen LogP contribution in [0.15, 0.2) is 36.8 Å². The largest absolute Gasteiger partial charge is 0.382 e. The summed E-state index contributed by atoms with van der Waals surface area (Å²) in [6, 6.07) is 7.67. The quantitative estimate of drug-likeness (QED) is 0.511. The van der Waals surface area contributed by atoms with Gasteiger partial charge in [-0.1, -0.05) is 11.6 Å². The molecule has 3 heterocycles. The summed E-state index contributed by atoms with van der Waals surface area (Å²) in [6.07, 6.45) is 3.08. The number of nitrogens with two attached hydrogens (primary N) is 1. The van der Waals surface area contributed by atoms with Crippen LogP contribution in [0.1, 0.15) is 29.8 Å². The van der Waals surface area contributed by atoms with Crippen molar-refractivity contribution < 1.29 is 4.39 Å². The maximum Gasteiger partial charge on any atom is 0.174 e. The number of aryl methyl sites for hydroxylation is 1. The van der Waals surface area contributed by atoms with Gasteiger partial charge in [0.05, 0.1) is 17.4 Å². The molecule has 0 bridgehead atoms. The number of fused-ring (bicyclic) bond motifs is 1. The first-order valence-corrected chi connectivity index (χ1v) is 9.35. The summed E-state index contributed by atoms with van der Waals surface area (Å²) >= 11 is 6.36. The number of hydrogen-bond donors (Lipinski definition) is 2. The third kappa shape index (κ3) is 3.38. The molecule has 150 valence electrons. The minimum atomic E-state index is -0.355. The van der Waals surface area contributed by atoms with E-state index in [1.807, 2.05) is 13.0 Å². The number of nitrogen functional groups attached to an aromatic ring is 1. The van der Waals surface area contributed by atoms with Gasteiger partial charge in [0.2, 0.25) is 0 Å². The van der Waals surface area contributed by atoms with Crippen LogP contribution in [0.2, 0.25) is 5.02 Å². The molecule has 0 aliphatic heterocycles. The molecule has 0 aliphatic rings. The highest BCUT2D eigenvalue weighted by Crippen LogP contribution is 2.32. The van der Waals surface area contributed by atoms with Gasteiger partial charge in [-0.2, -0.15) is 10.4 Å². The Balaban J connectivity index is 1.86. The van der Waals surface area contributed by atoms with Crippen LogP contribution < -0.4 is 11.1 Å². The third-order valence-electron chi connectivity index (χ3n) is 4.67. The van der Waals surface area contributed by atoms with E-state index in [0.29, 0.717) is 33.4 Å². The van der Waals surface area contributed by atoms with E-state index in [4.69, 9.17) is 22.3 Å². The summed E-state index contributed by atoms with van der Waals surface area (Å²) in [4.78, 5) is 12.7. The maximum atomic E-state index is 13.5. The molecule has 1 aromatic carbocycles. The Hall–Kier alpha value is -3.77. The van der Waals surface area contributed by atoms with Gasteiger partial charge in [0.15, 0.2) is 5.65 Å². The predicted molar refractivity (Wildman–Crippen MR) is 111 cm³/mol. The minimum Gasteiger partial charge on any atom is -0.382 e. The molecular weight excluding hydrogens is 407 g/mol. The van der Waals surface area contributed by atoms with E-state index < -0.39 is 0 Å². The molecule has 30 heavy (non-hydrogen) atoms. The van der Waals surface area contributed by atoms with Crippen molar-refractivity contribution in [2.24, 2.45) is 0 Å². The number of rotatable bonds is 4. The molecule has 1 atom stereocenters. The Kier molecular flexibility index (Phi) is 4.93. The van der Waals surface area contributed by atoms with E-state index >= 15 is 0 Å². The first-order chi connectivity index (χ1) is 14.4. The molecule has 10 heteroatoms. The van der Waals surface area contributed by atoms with Gasteiger partial charge in [-0.3, -0.25) is 0 Å². The zero-order valence-electron chi connectivity index (χ0n) is 16.1. The maximum absolute atomic E-state index is 13.5. The van der Waals surface area contributed by atoms with E-state index in [9.17, 15) is 9.65 Å². The van der Waals surface area contributed by atoms with Gasteiger partial charge in [0.25, 0.3) is 0 Å². The lowest BCUT2D eigenvalue weighted by atomic mass is 10.0. The monoisotopic (exact) mass is 422 g/mol. The molecular formula is C20H16ClFN8. The van der Waals surface area contributed by atoms with Crippen LogP contribution in [-0.4, -0.2) is 24.6 Å². The summed E-state index contributed by atoms with van der Waals surface area (Å²) in [6.45, 7) is 3.67. The number of nitrogens with one attached hydrogen (secondary N) is 1. The van der Waals surface area contributed by atoms with Crippen LogP contribution in [-0.2, 0) is 0 Å². The second kappa shape index (κ2) is 7.57. The van der Waals surface area contributed by atoms with Gasteiger partial charge in [-0.05, 0) is 38.1 Å². The number of hydrogen-bond acceptors (Lipinski definition) is 7. The van der Waals surface area contributed by atoms with Gasteiger partial charge in [0.1, 0.15) is 40.4 Å². The van der Waals surface area contributed by atoms with Crippen molar-refractivity contribution >= 4 is 28.9 Å². The molecule has 0 spiro atoms. The van der Waals surface area contributed by atoms with Crippen molar-refractivity contribution in [3.05, 3.63) is 64.5 Å². The van der Waals surface area contributed by atoms with E-state index in [2.05, 4.69) is 20.4 Å². The minimum absolute atomic E-state index is 0.0871. The van der Waals surface area contributed by atoms with Gasteiger partial charge < -0.3 is 11.1 Å². The normalized spacial score (nSPS) is 12.0. The average molecular weight is 423 g/mol. The first-order valence-electron chi connectivity index (χ1n) is 8.97. The third-order valence-corrected chi connectivity index (χ3v) is 5.11. The Morgan fingerprint density at radius 2 is 2.00 bits per heavy atom. The molecule has 0 saturated heterocycles. The van der Waals surface area contributed by atoms with Crippen LogP contribution >= 0.6 is 11.6 Å². The molecule has 0 aliphatic carbocycles. The molecule has 4 rings (SSSR count). The van der Waals surface area contributed by atoms with Crippen LogP contribution in [0.3, 0.4) is 0 Å². The second-order valence-electron chi connectivity index (χ2n) is 6.68. The lowest BCUT2D eigenvalue weighted by molar-refractivity contribution is 0.628. The Labute approximate surface area is 176 Å². The van der Waals surface area contributed by atoms with Crippen molar-refractivity contribution in [1.82, 2.24) is 24.6 Å². The van der Waals surface area contributed by atoms with Crippen LogP contribution in [0.25, 0.3) is 16.9 Å². The fourth-order valence-corrected chi connectivity index (χ4v) is 3.29. The van der Waals surface area contributed by atoms with Crippen molar-refractivity contribution in [1.29, 1.82) is 5.26 Å². The highest BCUT2D eigenvalue weighted by Gasteiger charge is 2.20. The summed E-state index contributed by atoms with van der Waals surface area (Å²) in [5, 5.41) is 17.4. The van der Waals surface area contributed by atoms with Crippen molar-refractivity contribution in [2.75, 3.05) is 11.1 Å². The number of anilines is 2. The molecule has 3 N–H and O–H groups in total. The summed E-state index contributed by atoms with van der Waals surface area (Å²) in [5.41, 5.74) is 9.13. The van der Waals surface area contributed by atoms with Gasteiger partial charge in [-0.15, -0.1) is 0 Å². The highest BCUT2D eigenvalue weighted by atomic mass is 35.5. The molecule has 0 radical (unpaired) electrons. The van der Waals surface area contributed by atoms with Crippen LogP contribution in [0.4, 0.5) is 16.0 Å². The summed E-state index contributed by atoms with van der Waals surface area (Å²) in [7, 11) is 0. The van der Waals surface area contributed by atoms with Gasteiger partial charge in [0, 0.05) is 17.3 Å². The number of halogens is 2. The molecule has 0 amide bonds. The number of benzene rings is 1. The van der Waals surface area contributed by atoms with Gasteiger partial charge in [-0.25, -0.2) is 23.9 Å². The topological polar surface area (TPSA) is 118 Å². The fraction of sp³-hybridized carbons (Fsp3) is 0.150. The lowest BCUT2D eigenvalue weighted by Crippen LogP contribution is -2.14. The lowest BCUT2D eigenvalue weighted by Gasteiger charge is -2.19. The Bertz CT molecular complexity index is 1290. The van der Waals surface area contributed by atoms with Gasteiger partial charge >= 0.3 is 0 Å². The second-order valence-corrected chi connectivity index (χ2v) is 7.06. The number of aromatic nitrogens is 5. The van der Waals surface area contributed by atoms with Crippen LogP contribution in [0.5, 0.6) is 0 Å².